The van der Waals surface area contributed by atoms with Gasteiger partial charge in [0.15, 0.2) is 0 Å². The van der Waals surface area contributed by atoms with E-state index in [1.54, 1.807) is 0 Å². The van der Waals surface area contributed by atoms with Crippen molar-refractivity contribution in [1.29, 1.82) is 0 Å². The van der Waals surface area contributed by atoms with Crippen LogP contribution in [0.15, 0.2) is 35.9 Å². The van der Waals surface area contributed by atoms with Crippen LogP contribution >= 0.6 is 0 Å². The molecule has 2 N–H and O–H groups in total. The summed E-state index contributed by atoms with van der Waals surface area (Å²) in [6.07, 6.45) is 7.05. The number of hydrogen-bond donors (Lipinski definition) is 2. The minimum absolute atomic E-state index is 0.505. The fourth-order valence-electron chi connectivity index (χ4n) is 3.82. The molecule has 3 rings (SSSR count). The monoisotopic (exact) mass is 377 g/mol. The Morgan fingerprint density at radius 2 is 1.92 bits per heavy atom. The van der Waals surface area contributed by atoms with Crippen molar-refractivity contribution in [3.05, 3.63) is 41.5 Å². The van der Waals surface area contributed by atoms with Gasteiger partial charge in [-0.2, -0.15) is 0 Å². The van der Waals surface area contributed by atoms with E-state index < -0.39 is 10.0 Å². The quantitative estimate of drug-likeness (QED) is 0.728. The summed E-state index contributed by atoms with van der Waals surface area (Å²) < 4.78 is 24.8. The maximum absolute atomic E-state index is 11.1. The summed E-state index contributed by atoms with van der Waals surface area (Å²) in [5, 5.41) is 3.83. The molecule has 0 radical (unpaired) electrons. The molecule has 0 spiro atoms. The van der Waals surface area contributed by atoms with Crippen LogP contribution < -0.4 is 10.0 Å². The fraction of sp³-hybridized carbons (Fsp3) is 0.600. The van der Waals surface area contributed by atoms with Crippen molar-refractivity contribution in [3.8, 4) is 0 Å². The van der Waals surface area contributed by atoms with Gasteiger partial charge in [-0.05, 0) is 50.8 Å². The summed E-state index contributed by atoms with van der Waals surface area (Å²) in [5.74, 6) is 0.673. The van der Waals surface area contributed by atoms with Gasteiger partial charge in [0.1, 0.15) is 0 Å². The first kappa shape index (κ1) is 19.5. The predicted octanol–water partition coefficient (Wildman–Crippen LogP) is 2.08. The summed E-state index contributed by atoms with van der Waals surface area (Å²) in [6.45, 7) is 5.63. The molecule has 2 aliphatic rings. The highest BCUT2D eigenvalue weighted by Crippen LogP contribution is 2.38. The predicted molar refractivity (Wildman–Crippen MR) is 107 cm³/mol. The minimum atomic E-state index is -3.07. The maximum atomic E-state index is 11.1. The van der Waals surface area contributed by atoms with E-state index in [1.165, 1.54) is 23.8 Å². The van der Waals surface area contributed by atoms with Crippen LogP contribution in [0, 0.1) is 5.92 Å². The largest absolute Gasteiger partial charge is 0.311 e. The molecule has 0 bridgehead atoms. The van der Waals surface area contributed by atoms with Gasteiger partial charge in [-0.15, -0.1) is 0 Å². The van der Waals surface area contributed by atoms with Crippen LogP contribution in [0.4, 0.5) is 0 Å². The lowest BCUT2D eigenvalue weighted by atomic mass is 10.0. The zero-order valence-electron chi connectivity index (χ0n) is 15.8. The Hall–Kier alpha value is -1.21. The number of benzene rings is 1. The van der Waals surface area contributed by atoms with Gasteiger partial charge >= 0.3 is 0 Å². The van der Waals surface area contributed by atoms with E-state index in [4.69, 9.17) is 0 Å². The standard InChI is InChI=1S/C20H31N3O2S/c1-16(14-17-6-4-3-5-7-17)19-15-20(19)22-18-8-11-23(12-9-18)13-10-21-26(2,24)25/h3-7,14,18-22H,8-13,15H2,1-2H3/b16-14+/t19-,20+/m0/s1. The van der Waals surface area contributed by atoms with Gasteiger partial charge in [-0.3, -0.25) is 0 Å². The van der Waals surface area contributed by atoms with Crippen LogP contribution in [0.5, 0.6) is 0 Å². The molecule has 0 amide bonds. The van der Waals surface area contributed by atoms with E-state index in [-0.39, 0.29) is 0 Å². The Bertz CT molecular complexity index is 710. The van der Waals surface area contributed by atoms with Gasteiger partial charge in [0, 0.05) is 25.2 Å². The number of nitrogens with one attached hydrogen (secondary N) is 2. The fourth-order valence-corrected chi connectivity index (χ4v) is 4.28. The molecule has 1 aliphatic heterocycles. The first-order valence-electron chi connectivity index (χ1n) is 9.57. The Kier molecular flexibility index (Phi) is 6.51. The Labute approximate surface area is 157 Å². The molecule has 144 valence electrons. The van der Waals surface area contributed by atoms with E-state index in [1.807, 2.05) is 0 Å². The zero-order valence-corrected chi connectivity index (χ0v) is 16.6. The third-order valence-electron chi connectivity index (χ3n) is 5.40. The molecule has 2 atom stereocenters. The highest BCUT2D eigenvalue weighted by molar-refractivity contribution is 7.88. The minimum Gasteiger partial charge on any atom is -0.311 e. The lowest BCUT2D eigenvalue weighted by molar-refractivity contribution is 0.199. The summed E-state index contributed by atoms with van der Waals surface area (Å²) in [6, 6.07) is 11.7. The molecule has 1 heterocycles. The smallest absolute Gasteiger partial charge is 0.208 e. The molecule has 1 saturated carbocycles. The summed E-state index contributed by atoms with van der Waals surface area (Å²) >= 11 is 0. The number of likely N-dealkylation sites (tertiary alicyclic amines) is 1. The number of sulfonamides is 1. The van der Waals surface area contributed by atoms with Crippen LogP contribution in [0.1, 0.15) is 31.7 Å². The van der Waals surface area contributed by atoms with Crippen molar-refractivity contribution in [3.63, 3.8) is 0 Å². The molecule has 0 unspecified atom stereocenters. The Morgan fingerprint density at radius 1 is 1.23 bits per heavy atom. The zero-order chi connectivity index (χ0) is 18.6. The van der Waals surface area contributed by atoms with Crippen molar-refractivity contribution in [2.75, 3.05) is 32.4 Å². The number of piperidine rings is 1. The molecule has 1 aliphatic carbocycles. The van der Waals surface area contributed by atoms with Crippen LogP contribution in [0.3, 0.4) is 0 Å². The molecular weight excluding hydrogens is 346 g/mol. The second-order valence-corrected chi connectivity index (χ2v) is 9.53. The molecule has 1 aromatic rings. The normalized spacial score (nSPS) is 25.4. The summed E-state index contributed by atoms with van der Waals surface area (Å²) in [4.78, 5) is 2.35. The second-order valence-electron chi connectivity index (χ2n) is 7.70. The Balaban J connectivity index is 1.36. The molecule has 2 fully saturated rings. The van der Waals surface area contributed by atoms with E-state index in [0.29, 0.717) is 24.5 Å². The van der Waals surface area contributed by atoms with Gasteiger partial charge in [-0.1, -0.05) is 42.0 Å². The maximum Gasteiger partial charge on any atom is 0.208 e. The molecular formula is C20H31N3O2S. The summed E-state index contributed by atoms with van der Waals surface area (Å²) in [5.41, 5.74) is 2.75. The molecule has 0 aromatic heterocycles. The number of hydrogen-bond acceptors (Lipinski definition) is 4. The third kappa shape index (κ3) is 6.20. The van der Waals surface area contributed by atoms with E-state index >= 15 is 0 Å². The molecule has 6 heteroatoms. The van der Waals surface area contributed by atoms with Gasteiger partial charge < -0.3 is 10.2 Å². The highest BCUT2D eigenvalue weighted by atomic mass is 32.2. The lowest BCUT2D eigenvalue weighted by Gasteiger charge is -2.32. The topological polar surface area (TPSA) is 61.4 Å². The van der Waals surface area contributed by atoms with Crippen LogP contribution in [-0.4, -0.2) is 57.8 Å². The SMILES string of the molecule is C/C(=C\c1ccccc1)[C@@H]1C[C@H]1NC1CCN(CCNS(C)(=O)=O)CC1. The molecule has 26 heavy (non-hydrogen) atoms. The van der Waals surface area contributed by atoms with E-state index in [2.05, 4.69) is 58.3 Å². The van der Waals surface area contributed by atoms with Crippen molar-refractivity contribution in [1.82, 2.24) is 14.9 Å². The van der Waals surface area contributed by atoms with Crippen LogP contribution in [0.25, 0.3) is 6.08 Å². The van der Waals surface area contributed by atoms with Crippen LogP contribution in [-0.2, 0) is 10.0 Å². The number of rotatable bonds is 8. The Morgan fingerprint density at radius 3 is 2.58 bits per heavy atom. The van der Waals surface area contributed by atoms with Gasteiger partial charge in [0.2, 0.25) is 10.0 Å². The third-order valence-corrected chi connectivity index (χ3v) is 6.13. The first-order chi connectivity index (χ1) is 12.4. The lowest BCUT2D eigenvalue weighted by Crippen LogP contribution is -2.45. The van der Waals surface area contributed by atoms with Crippen molar-refractivity contribution >= 4 is 16.1 Å². The average Bonchev–Trinajstić information content (AvgIpc) is 3.36. The molecule has 5 nitrogen and oxygen atoms in total. The van der Waals surface area contributed by atoms with Crippen molar-refractivity contribution < 1.29 is 8.42 Å². The summed E-state index contributed by atoms with van der Waals surface area (Å²) in [7, 11) is -3.07. The van der Waals surface area contributed by atoms with Gasteiger partial charge in [-0.25, -0.2) is 13.1 Å². The van der Waals surface area contributed by atoms with E-state index in [9.17, 15) is 8.42 Å². The molecule has 1 aromatic carbocycles. The first-order valence-corrected chi connectivity index (χ1v) is 11.5. The molecule has 1 saturated heterocycles. The van der Waals surface area contributed by atoms with Gasteiger partial charge in [0.25, 0.3) is 0 Å². The van der Waals surface area contributed by atoms with Crippen molar-refractivity contribution in [2.24, 2.45) is 5.92 Å². The highest BCUT2D eigenvalue weighted by Gasteiger charge is 2.39. The second kappa shape index (κ2) is 8.65. The van der Waals surface area contributed by atoms with Crippen LogP contribution in [0.2, 0.25) is 0 Å². The van der Waals surface area contributed by atoms with Gasteiger partial charge in [0.05, 0.1) is 6.26 Å². The average molecular weight is 378 g/mol. The van der Waals surface area contributed by atoms with Crippen molar-refractivity contribution in [2.45, 2.75) is 38.3 Å². The van der Waals surface area contributed by atoms with E-state index in [0.717, 1.165) is 32.5 Å². The number of nitrogens with zero attached hydrogens (tertiary/aromatic N) is 1.